The van der Waals surface area contributed by atoms with Crippen LogP contribution in [0.3, 0.4) is 0 Å². The number of carboxylic acids is 1. The number of carboxylic acid groups (broad SMARTS) is 1. The molecular weight excluding hydrogens is 298 g/mol. The Balaban J connectivity index is 1.87. The second kappa shape index (κ2) is 7.76. The number of hydrogen-bond acceptors (Lipinski definition) is 5. The second-order valence-electron chi connectivity index (χ2n) is 5.56. The number of carbonyl (C=O) groups is 3. The minimum absolute atomic E-state index is 0.0516. The molecule has 2 rings (SSSR count). The van der Waals surface area contributed by atoms with Gasteiger partial charge >= 0.3 is 11.9 Å². The lowest BCUT2D eigenvalue weighted by Crippen LogP contribution is -2.36. The Kier molecular flexibility index (Phi) is 5.73. The molecule has 0 aromatic heterocycles. The fourth-order valence-electron chi connectivity index (χ4n) is 2.77. The Bertz CT molecular complexity index is 573. The largest absolute Gasteiger partial charge is 0.478 e. The summed E-state index contributed by atoms with van der Waals surface area (Å²) in [5, 5.41) is 8.90. The number of rotatable bonds is 6. The highest BCUT2D eigenvalue weighted by Crippen LogP contribution is 2.25. The van der Waals surface area contributed by atoms with Gasteiger partial charge in [0, 0.05) is 24.7 Å². The minimum atomic E-state index is -0.945. The molecule has 1 heterocycles. The monoisotopic (exact) mass is 319 g/mol. The highest BCUT2D eigenvalue weighted by atomic mass is 16.5. The molecule has 1 aromatic carbocycles. The molecule has 1 N–H and O–H groups in total. The van der Waals surface area contributed by atoms with E-state index < -0.39 is 11.9 Å². The van der Waals surface area contributed by atoms with Crippen LogP contribution in [0, 0.1) is 5.92 Å². The number of esters is 1. The van der Waals surface area contributed by atoms with Crippen LogP contribution in [-0.4, -0.2) is 42.5 Å². The van der Waals surface area contributed by atoms with Crippen LogP contribution in [0.5, 0.6) is 0 Å². The van der Waals surface area contributed by atoms with Crippen molar-refractivity contribution in [3.8, 4) is 0 Å². The molecule has 23 heavy (non-hydrogen) atoms. The fraction of sp³-hybridized carbons (Fsp3) is 0.471. The van der Waals surface area contributed by atoms with E-state index in [0.29, 0.717) is 25.9 Å². The van der Waals surface area contributed by atoms with Crippen LogP contribution in [0.15, 0.2) is 24.3 Å². The SMILES string of the molecule is CCOC(=O)CC(=O)C1CCN(c2ccc(C(=O)O)cc2)CC1. The molecule has 1 aromatic rings. The predicted octanol–water partition coefficient (Wildman–Crippen LogP) is 2.12. The molecule has 0 aliphatic carbocycles. The highest BCUT2D eigenvalue weighted by molar-refractivity contribution is 5.96. The average Bonchev–Trinajstić information content (AvgIpc) is 2.55. The average molecular weight is 319 g/mol. The molecule has 0 bridgehead atoms. The van der Waals surface area contributed by atoms with Crippen molar-refractivity contribution >= 4 is 23.4 Å². The third-order valence-corrected chi connectivity index (χ3v) is 4.05. The molecule has 0 unspecified atom stereocenters. The molecule has 0 saturated carbocycles. The van der Waals surface area contributed by atoms with Crippen LogP contribution >= 0.6 is 0 Å². The highest BCUT2D eigenvalue weighted by Gasteiger charge is 2.26. The maximum absolute atomic E-state index is 12.1. The Hall–Kier alpha value is -2.37. The number of aromatic carboxylic acids is 1. The first-order valence-corrected chi connectivity index (χ1v) is 7.78. The van der Waals surface area contributed by atoms with Crippen molar-refractivity contribution in [2.75, 3.05) is 24.6 Å². The van der Waals surface area contributed by atoms with Gasteiger partial charge in [0.25, 0.3) is 0 Å². The van der Waals surface area contributed by atoms with Gasteiger partial charge in [-0.25, -0.2) is 4.79 Å². The van der Waals surface area contributed by atoms with Crippen molar-refractivity contribution in [1.82, 2.24) is 0 Å². The number of ketones is 1. The third-order valence-electron chi connectivity index (χ3n) is 4.05. The summed E-state index contributed by atoms with van der Waals surface area (Å²) in [7, 11) is 0. The molecule has 1 fully saturated rings. The van der Waals surface area contributed by atoms with E-state index in [2.05, 4.69) is 4.90 Å². The molecule has 0 atom stereocenters. The summed E-state index contributed by atoms with van der Waals surface area (Å²) in [5.74, 6) is -1.55. The molecule has 0 spiro atoms. The first-order chi connectivity index (χ1) is 11.0. The standard InChI is InChI=1S/C17H21NO5/c1-2-23-16(20)11-15(19)12-7-9-18(10-8-12)14-5-3-13(4-6-14)17(21)22/h3-6,12H,2,7-11H2,1H3,(H,21,22). The summed E-state index contributed by atoms with van der Waals surface area (Å²) < 4.78 is 4.81. The minimum Gasteiger partial charge on any atom is -0.478 e. The van der Waals surface area contributed by atoms with E-state index in [0.717, 1.165) is 5.69 Å². The van der Waals surface area contributed by atoms with Crippen LogP contribution in [0.1, 0.15) is 36.5 Å². The molecule has 1 aliphatic heterocycles. The fourth-order valence-corrected chi connectivity index (χ4v) is 2.77. The zero-order chi connectivity index (χ0) is 16.8. The van der Waals surface area contributed by atoms with Gasteiger partial charge in [0.1, 0.15) is 12.2 Å². The van der Waals surface area contributed by atoms with Gasteiger partial charge in [-0.2, -0.15) is 0 Å². The normalized spacial score (nSPS) is 15.3. The molecule has 0 radical (unpaired) electrons. The van der Waals surface area contributed by atoms with E-state index in [1.165, 1.54) is 0 Å². The van der Waals surface area contributed by atoms with Crippen LogP contribution in [0.2, 0.25) is 0 Å². The van der Waals surface area contributed by atoms with E-state index in [9.17, 15) is 14.4 Å². The number of anilines is 1. The van der Waals surface area contributed by atoms with Crippen LogP contribution < -0.4 is 4.90 Å². The lowest BCUT2D eigenvalue weighted by molar-refractivity contribution is -0.146. The van der Waals surface area contributed by atoms with Gasteiger partial charge in [0.2, 0.25) is 0 Å². The maximum atomic E-state index is 12.1. The first kappa shape index (κ1) is 17.0. The summed E-state index contributed by atoms with van der Waals surface area (Å²) in [6.07, 6.45) is 1.24. The summed E-state index contributed by atoms with van der Waals surface area (Å²) in [4.78, 5) is 36.4. The van der Waals surface area contributed by atoms with E-state index in [-0.39, 0.29) is 30.3 Å². The molecule has 1 saturated heterocycles. The number of carbonyl (C=O) groups excluding carboxylic acids is 2. The topological polar surface area (TPSA) is 83.9 Å². The van der Waals surface area contributed by atoms with Gasteiger partial charge in [0.15, 0.2) is 0 Å². The Morgan fingerprint density at radius 3 is 2.30 bits per heavy atom. The quantitative estimate of drug-likeness (QED) is 0.639. The van der Waals surface area contributed by atoms with Crippen molar-refractivity contribution in [3.05, 3.63) is 29.8 Å². The van der Waals surface area contributed by atoms with Gasteiger partial charge in [-0.3, -0.25) is 9.59 Å². The van der Waals surface area contributed by atoms with Crippen LogP contribution in [-0.2, 0) is 14.3 Å². The van der Waals surface area contributed by atoms with Crippen LogP contribution in [0.25, 0.3) is 0 Å². The number of Topliss-reactive ketones (excluding diaryl/α,β-unsaturated/α-hetero) is 1. The number of benzene rings is 1. The van der Waals surface area contributed by atoms with Crippen molar-refractivity contribution in [2.24, 2.45) is 5.92 Å². The van der Waals surface area contributed by atoms with Gasteiger partial charge in [-0.05, 0) is 44.0 Å². The van der Waals surface area contributed by atoms with E-state index in [1.807, 2.05) is 0 Å². The summed E-state index contributed by atoms with van der Waals surface area (Å²) in [6.45, 7) is 3.44. The van der Waals surface area contributed by atoms with Gasteiger partial charge < -0.3 is 14.7 Å². The molecule has 1 aliphatic rings. The second-order valence-corrected chi connectivity index (χ2v) is 5.56. The molecule has 0 amide bonds. The van der Waals surface area contributed by atoms with E-state index >= 15 is 0 Å². The number of ether oxygens (including phenoxy) is 1. The van der Waals surface area contributed by atoms with Gasteiger partial charge in [-0.1, -0.05) is 0 Å². The van der Waals surface area contributed by atoms with Crippen molar-refractivity contribution < 1.29 is 24.2 Å². The van der Waals surface area contributed by atoms with Crippen molar-refractivity contribution in [2.45, 2.75) is 26.2 Å². The Morgan fingerprint density at radius 1 is 1.17 bits per heavy atom. The zero-order valence-electron chi connectivity index (χ0n) is 13.2. The summed E-state index contributed by atoms with van der Waals surface area (Å²) >= 11 is 0. The Labute approximate surface area is 135 Å². The smallest absolute Gasteiger partial charge is 0.335 e. The zero-order valence-corrected chi connectivity index (χ0v) is 13.2. The van der Waals surface area contributed by atoms with E-state index in [4.69, 9.17) is 9.84 Å². The number of nitrogens with zero attached hydrogens (tertiary/aromatic N) is 1. The van der Waals surface area contributed by atoms with Crippen molar-refractivity contribution in [3.63, 3.8) is 0 Å². The summed E-state index contributed by atoms with van der Waals surface area (Å²) in [5.41, 5.74) is 1.21. The van der Waals surface area contributed by atoms with Crippen LogP contribution in [0.4, 0.5) is 5.69 Å². The first-order valence-electron chi connectivity index (χ1n) is 7.78. The van der Waals surface area contributed by atoms with Gasteiger partial charge in [-0.15, -0.1) is 0 Å². The lowest BCUT2D eigenvalue weighted by Gasteiger charge is -2.33. The van der Waals surface area contributed by atoms with Gasteiger partial charge in [0.05, 0.1) is 12.2 Å². The van der Waals surface area contributed by atoms with E-state index in [1.54, 1.807) is 31.2 Å². The maximum Gasteiger partial charge on any atom is 0.335 e. The number of hydrogen-bond donors (Lipinski definition) is 1. The molecule has 6 heteroatoms. The Morgan fingerprint density at radius 2 is 1.78 bits per heavy atom. The predicted molar refractivity (Wildman–Crippen MR) is 84.6 cm³/mol. The van der Waals surface area contributed by atoms with Crippen molar-refractivity contribution in [1.29, 1.82) is 0 Å². The summed E-state index contributed by atoms with van der Waals surface area (Å²) in [6, 6.07) is 6.72. The molecule has 6 nitrogen and oxygen atoms in total. The lowest BCUT2D eigenvalue weighted by atomic mass is 9.90. The molecular formula is C17H21NO5. The third kappa shape index (κ3) is 4.55. The molecule has 124 valence electrons. The number of piperidine rings is 1.